The van der Waals surface area contributed by atoms with Crippen molar-refractivity contribution in [3.63, 3.8) is 0 Å². The molecule has 1 aliphatic heterocycles. The molecule has 2 rings (SSSR count). The molecule has 0 aromatic heterocycles. The fourth-order valence-electron chi connectivity index (χ4n) is 3.26. The second-order valence-corrected chi connectivity index (χ2v) is 6.36. The Kier molecular flexibility index (Phi) is 4.48. The maximum absolute atomic E-state index is 12.3. The minimum atomic E-state index is -0.809. The van der Waals surface area contributed by atoms with Gasteiger partial charge < -0.3 is 20.0 Å². The summed E-state index contributed by atoms with van der Waals surface area (Å²) >= 11 is 0. The molecule has 0 radical (unpaired) electrons. The summed E-state index contributed by atoms with van der Waals surface area (Å²) in [6.07, 6.45) is 4.35. The molecule has 1 amide bonds. The average Bonchev–Trinajstić information content (AvgIpc) is 2.72. The molecule has 0 unspecified atom stereocenters. The Bertz CT molecular complexity index is 327. The largest absolute Gasteiger partial charge is 0.390 e. The van der Waals surface area contributed by atoms with Gasteiger partial charge in [-0.25, -0.2) is 0 Å². The van der Waals surface area contributed by atoms with Gasteiger partial charge in [0.15, 0.2) is 0 Å². The van der Waals surface area contributed by atoms with Gasteiger partial charge in [-0.3, -0.25) is 4.79 Å². The van der Waals surface area contributed by atoms with Gasteiger partial charge in [0, 0.05) is 13.1 Å². The molecule has 5 nitrogen and oxygen atoms in total. The molecule has 0 aromatic carbocycles. The Morgan fingerprint density at radius 1 is 1.26 bits per heavy atom. The number of likely N-dealkylation sites (tertiary alicyclic amines) is 1. The number of β-amino-alcohol motifs (C(OH)–C–C–N with tert-alkyl or cyclic N) is 1. The van der Waals surface area contributed by atoms with Gasteiger partial charge in [-0.15, -0.1) is 0 Å². The van der Waals surface area contributed by atoms with Gasteiger partial charge >= 0.3 is 0 Å². The molecule has 0 aromatic rings. The number of nitrogens with zero attached hydrogens (tertiary/aromatic N) is 2. The second kappa shape index (κ2) is 5.77. The molecule has 0 bridgehead atoms. The van der Waals surface area contributed by atoms with Gasteiger partial charge in [0.2, 0.25) is 5.91 Å². The molecule has 1 saturated carbocycles. The predicted molar refractivity (Wildman–Crippen MR) is 72.7 cm³/mol. The maximum Gasteiger partial charge on any atom is 0.225 e. The van der Waals surface area contributed by atoms with E-state index in [0.717, 1.165) is 32.1 Å². The molecule has 1 saturated heterocycles. The minimum absolute atomic E-state index is 0.00458. The Balaban J connectivity index is 1.90. The van der Waals surface area contributed by atoms with Crippen LogP contribution >= 0.6 is 0 Å². The first-order valence-corrected chi connectivity index (χ1v) is 7.26. The van der Waals surface area contributed by atoms with E-state index in [0.29, 0.717) is 13.1 Å². The summed E-state index contributed by atoms with van der Waals surface area (Å²) in [6.45, 7) is 0.945. The van der Waals surface area contributed by atoms with Crippen molar-refractivity contribution in [3.8, 4) is 0 Å². The van der Waals surface area contributed by atoms with E-state index in [1.807, 2.05) is 19.0 Å². The molecule has 2 aliphatic rings. The lowest BCUT2D eigenvalue weighted by Gasteiger charge is -2.33. The van der Waals surface area contributed by atoms with Crippen LogP contribution in [0.25, 0.3) is 0 Å². The Hall–Kier alpha value is -0.650. The highest BCUT2D eigenvalue weighted by Crippen LogP contribution is 2.31. The van der Waals surface area contributed by atoms with Crippen LogP contribution in [0.2, 0.25) is 0 Å². The Morgan fingerprint density at radius 2 is 1.89 bits per heavy atom. The molecule has 0 spiro atoms. The lowest BCUT2D eigenvalue weighted by Crippen LogP contribution is -2.41. The van der Waals surface area contributed by atoms with E-state index in [9.17, 15) is 15.0 Å². The van der Waals surface area contributed by atoms with Gasteiger partial charge in [-0.2, -0.15) is 0 Å². The van der Waals surface area contributed by atoms with Crippen molar-refractivity contribution in [1.29, 1.82) is 0 Å². The number of likely N-dealkylation sites (N-methyl/N-ethyl adjacent to an activating group) is 1. The lowest BCUT2D eigenvalue weighted by molar-refractivity contribution is -0.137. The van der Waals surface area contributed by atoms with E-state index in [1.54, 1.807) is 4.90 Å². The SMILES string of the molecule is CN(C)[C@H]1CN(C(=O)CC2(O)CCCCC2)C[C@@H]1O. The minimum Gasteiger partial charge on any atom is -0.390 e. The Labute approximate surface area is 115 Å². The fourth-order valence-corrected chi connectivity index (χ4v) is 3.26. The fraction of sp³-hybridized carbons (Fsp3) is 0.929. The first-order valence-electron chi connectivity index (χ1n) is 7.26. The van der Waals surface area contributed by atoms with Gasteiger partial charge in [-0.1, -0.05) is 19.3 Å². The molecule has 1 aliphatic carbocycles. The molecule has 2 N–H and O–H groups in total. The summed E-state index contributed by atoms with van der Waals surface area (Å²) in [5.74, 6) is -0.0206. The topological polar surface area (TPSA) is 64.0 Å². The van der Waals surface area contributed by atoms with Crippen LogP contribution in [0.5, 0.6) is 0 Å². The first-order chi connectivity index (χ1) is 8.91. The molecule has 1 heterocycles. The lowest BCUT2D eigenvalue weighted by atomic mass is 9.82. The predicted octanol–water partition coefficient (Wildman–Crippen LogP) is 0.205. The van der Waals surface area contributed by atoms with E-state index in [-0.39, 0.29) is 18.4 Å². The quantitative estimate of drug-likeness (QED) is 0.769. The van der Waals surface area contributed by atoms with E-state index >= 15 is 0 Å². The standard InChI is InChI=1S/C14H26N2O3/c1-15(2)11-9-16(10-12(11)17)13(18)8-14(19)6-4-3-5-7-14/h11-12,17,19H,3-10H2,1-2H3/t11-,12-/m0/s1. The van der Waals surface area contributed by atoms with Crippen molar-refractivity contribution in [2.24, 2.45) is 0 Å². The number of hydrogen-bond acceptors (Lipinski definition) is 4. The van der Waals surface area contributed by atoms with Crippen LogP contribution in [0.4, 0.5) is 0 Å². The smallest absolute Gasteiger partial charge is 0.225 e. The van der Waals surface area contributed by atoms with Crippen molar-refractivity contribution in [1.82, 2.24) is 9.80 Å². The number of rotatable bonds is 3. The molecule has 5 heteroatoms. The molecule has 2 fully saturated rings. The van der Waals surface area contributed by atoms with Crippen molar-refractivity contribution in [2.45, 2.75) is 56.3 Å². The van der Waals surface area contributed by atoms with Gasteiger partial charge in [0.25, 0.3) is 0 Å². The van der Waals surface area contributed by atoms with Crippen LogP contribution in [-0.4, -0.2) is 70.9 Å². The summed E-state index contributed by atoms with van der Waals surface area (Å²) in [5.41, 5.74) is -0.809. The highest BCUT2D eigenvalue weighted by atomic mass is 16.3. The van der Waals surface area contributed by atoms with Crippen molar-refractivity contribution >= 4 is 5.91 Å². The Morgan fingerprint density at radius 3 is 2.42 bits per heavy atom. The van der Waals surface area contributed by atoms with Crippen LogP contribution in [-0.2, 0) is 4.79 Å². The number of aliphatic hydroxyl groups is 2. The highest BCUT2D eigenvalue weighted by Gasteiger charge is 2.39. The molecule has 2 atom stereocenters. The van der Waals surface area contributed by atoms with E-state index in [4.69, 9.17) is 0 Å². The summed E-state index contributed by atoms with van der Waals surface area (Å²) in [4.78, 5) is 15.9. The highest BCUT2D eigenvalue weighted by molar-refractivity contribution is 5.77. The number of amides is 1. The first kappa shape index (κ1) is 14.8. The van der Waals surface area contributed by atoms with Gasteiger partial charge in [0.05, 0.1) is 24.2 Å². The molecular weight excluding hydrogens is 244 g/mol. The zero-order valence-corrected chi connectivity index (χ0v) is 12.0. The van der Waals surface area contributed by atoms with Gasteiger partial charge in [-0.05, 0) is 26.9 Å². The monoisotopic (exact) mass is 270 g/mol. The summed E-state index contributed by atoms with van der Waals surface area (Å²) in [7, 11) is 3.83. The van der Waals surface area contributed by atoms with Crippen molar-refractivity contribution < 1.29 is 15.0 Å². The summed E-state index contributed by atoms with van der Waals surface area (Å²) < 4.78 is 0. The maximum atomic E-state index is 12.3. The average molecular weight is 270 g/mol. The third-order valence-electron chi connectivity index (χ3n) is 4.54. The third-order valence-corrected chi connectivity index (χ3v) is 4.54. The zero-order chi connectivity index (χ0) is 14.0. The van der Waals surface area contributed by atoms with E-state index < -0.39 is 11.7 Å². The van der Waals surface area contributed by atoms with E-state index in [1.165, 1.54) is 0 Å². The van der Waals surface area contributed by atoms with Crippen LogP contribution in [0.3, 0.4) is 0 Å². The number of carbonyl (C=O) groups excluding carboxylic acids is 1. The van der Waals surface area contributed by atoms with Crippen LogP contribution in [0, 0.1) is 0 Å². The summed E-state index contributed by atoms with van der Waals surface area (Å²) in [6, 6.07) is 0.00458. The summed E-state index contributed by atoms with van der Waals surface area (Å²) in [5, 5.41) is 20.4. The third kappa shape index (κ3) is 3.46. The van der Waals surface area contributed by atoms with Crippen LogP contribution < -0.4 is 0 Å². The number of aliphatic hydroxyl groups excluding tert-OH is 1. The van der Waals surface area contributed by atoms with Gasteiger partial charge in [0.1, 0.15) is 0 Å². The van der Waals surface area contributed by atoms with Crippen LogP contribution in [0.1, 0.15) is 38.5 Å². The van der Waals surface area contributed by atoms with Crippen LogP contribution in [0.15, 0.2) is 0 Å². The molecule has 110 valence electrons. The number of carbonyl (C=O) groups is 1. The zero-order valence-electron chi connectivity index (χ0n) is 12.0. The normalized spacial score (nSPS) is 30.9. The molecular formula is C14H26N2O3. The van der Waals surface area contributed by atoms with Crippen molar-refractivity contribution in [2.75, 3.05) is 27.2 Å². The van der Waals surface area contributed by atoms with E-state index in [2.05, 4.69) is 0 Å². The number of hydrogen-bond donors (Lipinski definition) is 2. The molecule has 19 heavy (non-hydrogen) atoms. The van der Waals surface area contributed by atoms with Crippen molar-refractivity contribution in [3.05, 3.63) is 0 Å². The second-order valence-electron chi connectivity index (χ2n) is 6.36.